The van der Waals surface area contributed by atoms with Crippen molar-refractivity contribution in [2.45, 2.75) is 13.8 Å². The molecule has 0 saturated heterocycles. The quantitative estimate of drug-likeness (QED) is 0.482. The Balaban J connectivity index is 1.77. The van der Waals surface area contributed by atoms with Crippen LogP contribution in [0.25, 0.3) is 28.0 Å². The van der Waals surface area contributed by atoms with Crippen molar-refractivity contribution in [2.75, 3.05) is 0 Å². The molecule has 2 aromatic carbocycles. The molecule has 24 heavy (non-hydrogen) atoms. The Morgan fingerprint density at radius 2 is 1.67 bits per heavy atom. The summed E-state index contributed by atoms with van der Waals surface area (Å²) in [6.45, 7) is 4.15. The Morgan fingerprint density at radius 3 is 2.42 bits per heavy atom. The number of hydrogen-bond acceptors (Lipinski definition) is 1. The molecular weight excluding hydrogens is 299 g/mol. The van der Waals surface area contributed by atoms with Gasteiger partial charge in [0.25, 0.3) is 0 Å². The summed E-state index contributed by atoms with van der Waals surface area (Å²) in [5.74, 6) is -0.255. The van der Waals surface area contributed by atoms with Crippen molar-refractivity contribution in [3.05, 3.63) is 83.9 Å². The van der Waals surface area contributed by atoms with Gasteiger partial charge < -0.3 is 4.40 Å². The Morgan fingerprint density at radius 1 is 0.875 bits per heavy atom. The second-order valence-electron chi connectivity index (χ2n) is 6.09. The Bertz CT molecular complexity index is 1010. The van der Waals surface area contributed by atoms with Crippen LogP contribution in [0.4, 0.5) is 4.39 Å². The number of halogens is 1. The molecule has 0 unspecified atom stereocenters. The van der Waals surface area contributed by atoms with Gasteiger partial charge in [-0.25, -0.2) is 9.37 Å². The number of pyridine rings is 1. The fourth-order valence-electron chi connectivity index (χ4n) is 2.89. The van der Waals surface area contributed by atoms with Crippen LogP contribution in [0.2, 0.25) is 0 Å². The first-order valence-corrected chi connectivity index (χ1v) is 7.93. The summed E-state index contributed by atoms with van der Waals surface area (Å²) in [5, 5.41) is 0. The lowest BCUT2D eigenvalue weighted by molar-refractivity contribution is 0.631. The minimum absolute atomic E-state index is 0.255. The Hall–Kier alpha value is -2.94. The zero-order valence-corrected chi connectivity index (χ0v) is 13.6. The molecule has 2 nitrogen and oxygen atoms in total. The van der Waals surface area contributed by atoms with E-state index in [1.54, 1.807) is 6.07 Å². The van der Waals surface area contributed by atoms with E-state index < -0.39 is 0 Å². The lowest BCUT2D eigenvalue weighted by atomic mass is 9.99. The smallest absolute Gasteiger partial charge is 0.137 e. The van der Waals surface area contributed by atoms with Crippen molar-refractivity contribution < 1.29 is 4.39 Å². The van der Waals surface area contributed by atoms with Gasteiger partial charge in [0.15, 0.2) is 0 Å². The van der Waals surface area contributed by atoms with Gasteiger partial charge in [0.1, 0.15) is 11.5 Å². The van der Waals surface area contributed by atoms with E-state index in [1.165, 1.54) is 11.1 Å². The molecule has 0 aliphatic heterocycles. The molecule has 2 heterocycles. The Kier molecular flexibility index (Phi) is 3.42. The zero-order valence-electron chi connectivity index (χ0n) is 13.6. The zero-order chi connectivity index (χ0) is 16.7. The molecule has 0 fully saturated rings. The maximum atomic E-state index is 14.7. The number of aromatic nitrogens is 2. The van der Waals surface area contributed by atoms with Crippen LogP contribution >= 0.6 is 0 Å². The molecule has 0 bridgehead atoms. The highest BCUT2D eigenvalue weighted by Crippen LogP contribution is 2.28. The van der Waals surface area contributed by atoms with Crippen LogP contribution in [0.3, 0.4) is 0 Å². The monoisotopic (exact) mass is 316 g/mol. The molecule has 0 aliphatic carbocycles. The number of hydrogen-bond donors (Lipinski definition) is 0. The number of aryl methyl sites for hydroxylation is 2. The van der Waals surface area contributed by atoms with Gasteiger partial charge in [-0.3, -0.25) is 0 Å². The van der Waals surface area contributed by atoms with E-state index in [9.17, 15) is 4.39 Å². The molecule has 3 heteroatoms. The molecule has 0 spiro atoms. The van der Waals surface area contributed by atoms with E-state index >= 15 is 0 Å². The van der Waals surface area contributed by atoms with Crippen LogP contribution < -0.4 is 0 Å². The van der Waals surface area contributed by atoms with E-state index in [2.05, 4.69) is 31.0 Å². The summed E-state index contributed by atoms with van der Waals surface area (Å²) in [6, 6.07) is 17.3. The predicted molar refractivity (Wildman–Crippen MR) is 95.5 cm³/mol. The van der Waals surface area contributed by atoms with Crippen molar-refractivity contribution >= 4 is 5.65 Å². The van der Waals surface area contributed by atoms with Crippen molar-refractivity contribution in [3.63, 3.8) is 0 Å². The summed E-state index contributed by atoms with van der Waals surface area (Å²) in [5.41, 5.74) is 6.32. The third-order valence-electron chi connectivity index (χ3n) is 4.45. The molecule has 0 radical (unpaired) electrons. The fourth-order valence-corrected chi connectivity index (χ4v) is 2.89. The van der Waals surface area contributed by atoms with Gasteiger partial charge in [-0.15, -0.1) is 0 Å². The largest absolute Gasteiger partial charge is 0.306 e. The van der Waals surface area contributed by atoms with Gasteiger partial charge in [-0.2, -0.15) is 0 Å². The summed E-state index contributed by atoms with van der Waals surface area (Å²) in [4.78, 5) is 4.49. The first-order valence-electron chi connectivity index (χ1n) is 7.93. The Labute approximate surface area is 140 Å². The van der Waals surface area contributed by atoms with Crippen LogP contribution in [-0.2, 0) is 0 Å². The van der Waals surface area contributed by atoms with Crippen LogP contribution in [0, 0.1) is 19.7 Å². The van der Waals surface area contributed by atoms with Crippen LogP contribution in [0.15, 0.2) is 67.0 Å². The van der Waals surface area contributed by atoms with Gasteiger partial charge >= 0.3 is 0 Å². The molecular formula is C21H17FN2. The third-order valence-corrected chi connectivity index (χ3v) is 4.45. The van der Waals surface area contributed by atoms with Gasteiger partial charge in [-0.05, 0) is 60.4 Å². The van der Waals surface area contributed by atoms with Crippen LogP contribution in [0.1, 0.15) is 11.1 Å². The maximum absolute atomic E-state index is 14.7. The summed E-state index contributed by atoms with van der Waals surface area (Å²) in [7, 11) is 0. The summed E-state index contributed by atoms with van der Waals surface area (Å²) in [6.07, 6.45) is 3.76. The first-order chi connectivity index (χ1) is 11.6. The van der Waals surface area contributed by atoms with E-state index in [0.717, 1.165) is 16.8 Å². The number of imidazole rings is 1. The summed E-state index contributed by atoms with van der Waals surface area (Å²) < 4.78 is 16.6. The van der Waals surface area contributed by atoms with Gasteiger partial charge in [0.05, 0.1) is 5.69 Å². The normalized spacial score (nSPS) is 11.1. The van der Waals surface area contributed by atoms with Crippen LogP contribution in [0.5, 0.6) is 0 Å². The molecule has 4 aromatic rings. The lowest BCUT2D eigenvalue weighted by Crippen LogP contribution is -1.88. The molecule has 0 aliphatic rings. The van der Waals surface area contributed by atoms with Crippen LogP contribution in [-0.4, -0.2) is 9.38 Å². The highest BCUT2D eigenvalue weighted by Gasteiger charge is 2.11. The first kappa shape index (κ1) is 14.6. The third kappa shape index (κ3) is 2.48. The SMILES string of the molecule is Cc1ccc(-c2ccc(-c3cn4ccccc4n3)c(F)c2)cc1C. The van der Waals surface area contributed by atoms with Crippen molar-refractivity contribution in [1.29, 1.82) is 0 Å². The average Bonchev–Trinajstić information content (AvgIpc) is 3.01. The topological polar surface area (TPSA) is 17.3 Å². The van der Waals surface area contributed by atoms with Crippen molar-refractivity contribution in [2.24, 2.45) is 0 Å². The second kappa shape index (κ2) is 5.60. The molecule has 0 N–H and O–H groups in total. The van der Waals surface area contributed by atoms with Crippen molar-refractivity contribution in [1.82, 2.24) is 9.38 Å². The van der Waals surface area contributed by atoms with Gasteiger partial charge in [-0.1, -0.05) is 30.3 Å². The lowest BCUT2D eigenvalue weighted by Gasteiger charge is -2.07. The molecule has 0 saturated carbocycles. The molecule has 0 amide bonds. The number of fused-ring (bicyclic) bond motifs is 1. The number of rotatable bonds is 2. The molecule has 118 valence electrons. The minimum atomic E-state index is -0.255. The maximum Gasteiger partial charge on any atom is 0.137 e. The fraction of sp³-hybridized carbons (Fsp3) is 0.0952. The second-order valence-corrected chi connectivity index (χ2v) is 6.09. The van der Waals surface area contributed by atoms with E-state index in [1.807, 2.05) is 53.2 Å². The molecule has 0 atom stereocenters. The summed E-state index contributed by atoms with van der Waals surface area (Å²) >= 11 is 0. The predicted octanol–water partition coefficient (Wildman–Crippen LogP) is 5.42. The number of nitrogens with zero attached hydrogens (tertiary/aromatic N) is 2. The minimum Gasteiger partial charge on any atom is -0.306 e. The van der Waals surface area contributed by atoms with E-state index in [0.29, 0.717) is 11.3 Å². The average molecular weight is 316 g/mol. The van der Waals surface area contributed by atoms with Gasteiger partial charge in [0.2, 0.25) is 0 Å². The number of benzene rings is 2. The molecule has 2 aromatic heterocycles. The van der Waals surface area contributed by atoms with Crippen molar-refractivity contribution in [3.8, 4) is 22.4 Å². The van der Waals surface area contributed by atoms with E-state index in [-0.39, 0.29) is 5.82 Å². The standard InChI is InChI=1S/C21H17FN2/c1-14-6-7-16(11-15(14)2)17-8-9-18(19(22)12-17)20-13-24-10-4-3-5-21(24)23-20/h3-13H,1-2H3. The van der Waals surface area contributed by atoms with E-state index in [4.69, 9.17) is 0 Å². The highest BCUT2D eigenvalue weighted by molar-refractivity contribution is 5.71. The van der Waals surface area contributed by atoms with Gasteiger partial charge in [0, 0.05) is 18.0 Å². The highest BCUT2D eigenvalue weighted by atomic mass is 19.1. The molecule has 4 rings (SSSR count).